The fraction of sp³-hybridized carbons (Fsp3) is 0.667. The fourth-order valence-corrected chi connectivity index (χ4v) is 0.881. The first kappa shape index (κ1) is 5.48. The van der Waals surface area contributed by atoms with Crippen molar-refractivity contribution < 1.29 is 4.58 Å². The van der Waals surface area contributed by atoms with Gasteiger partial charge >= 0.3 is 0 Å². The molecule has 0 amide bonds. The smallest absolute Gasteiger partial charge is 0.0923 e. The molecule has 0 spiro atoms. The molecule has 0 atom stereocenters. The summed E-state index contributed by atoms with van der Waals surface area (Å²) in [5.74, 6) is 0. The average Bonchev–Trinajstić information content (AvgIpc) is 1.64. The van der Waals surface area contributed by atoms with E-state index in [1.807, 2.05) is 0 Å². The number of nitrogens with zero attached hydrogens (tertiary/aromatic N) is 2. The third-order valence-electron chi connectivity index (χ3n) is 1.28. The molecule has 0 aromatic rings. The Morgan fingerprint density at radius 2 is 2.50 bits per heavy atom. The van der Waals surface area contributed by atoms with Crippen LogP contribution < -0.4 is 0 Å². The van der Waals surface area contributed by atoms with Crippen molar-refractivity contribution in [2.45, 2.75) is 6.42 Å². The molecule has 1 aliphatic heterocycles. The predicted octanol–water partition coefficient (Wildman–Crippen LogP) is 0.154. The highest BCUT2D eigenvalue weighted by molar-refractivity contribution is 5.48. The molecule has 1 aliphatic rings. The van der Waals surface area contributed by atoms with E-state index in [-0.39, 0.29) is 0 Å². The van der Waals surface area contributed by atoms with Crippen LogP contribution in [0, 0.1) is 6.54 Å². The van der Waals surface area contributed by atoms with Crippen molar-refractivity contribution in [1.29, 1.82) is 0 Å². The summed E-state index contributed by atoms with van der Waals surface area (Å²) in [7, 11) is 4.14. The second-order valence-electron chi connectivity index (χ2n) is 2.23. The Morgan fingerprint density at radius 3 is 2.88 bits per heavy atom. The molecule has 0 radical (unpaired) electrons. The van der Waals surface area contributed by atoms with Crippen LogP contribution in [0.15, 0.2) is 0 Å². The number of hydrogen-bond donors (Lipinski definition) is 0. The molecule has 2 nitrogen and oxygen atoms in total. The van der Waals surface area contributed by atoms with Crippen molar-refractivity contribution in [2.75, 3.05) is 20.6 Å². The summed E-state index contributed by atoms with van der Waals surface area (Å²) in [5, 5.41) is 0. The van der Waals surface area contributed by atoms with Crippen molar-refractivity contribution in [3.05, 3.63) is 6.54 Å². The molecule has 2 heteroatoms. The normalized spacial score (nSPS) is 19.8. The van der Waals surface area contributed by atoms with Gasteiger partial charge in [0.25, 0.3) is 0 Å². The summed E-state index contributed by atoms with van der Waals surface area (Å²) in [4.78, 5) is 2.18. The van der Waals surface area contributed by atoms with Gasteiger partial charge in [0.15, 0.2) is 0 Å². The quantitative estimate of drug-likeness (QED) is 0.319. The molecule has 0 aromatic carbocycles. The molecule has 46 valence electrons. The van der Waals surface area contributed by atoms with Crippen molar-refractivity contribution in [1.82, 2.24) is 4.90 Å². The summed E-state index contributed by atoms with van der Waals surface area (Å²) in [6, 6.07) is 0. The molecule has 0 N–H and O–H groups in total. The van der Waals surface area contributed by atoms with E-state index in [9.17, 15) is 0 Å². The zero-order valence-electron chi connectivity index (χ0n) is 5.46. The Morgan fingerprint density at radius 1 is 1.75 bits per heavy atom. The fourth-order valence-electron chi connectivity index (χ4n) is 0.881. The lowest BCUT2D eigenvalue weighted by molar-refractivity contribution is -0.461. The van der Waals surface area contributed by atoms with Crippen LogP contribution >= 0.6 is 0 Å². The summed E-state index contributed by atoms with van der Waals surface area (Å²) < 4.78 is 2.09. The van der Waals surface area contributed by atoms with Gasteiger partial charge in [-0.3, -0.25) is 0 Å². The SMILES string of the molecule is CN1C=[N+](C)[CH-]CC1. The van der Waals surface area contributed by atoms with E-state index in [1.165, 1.54) is 6.42 Å². The highest BCUT2D eigenvalue weighted by Crippen LogP contribution is 1.94. The van der Waals surface area contributed by atoms with E-state index >= 15 is 0 Å². The van der Waals surface area contributed by atoms with Gasteiger partial charge < -0.3 is 9.48 Å². The first-order chi connectivity index (χ1) is 3.79. The van der Waals surface area contributed by atoms with Crippen LogP contribution in [0.2, 0.25) is 0 Å². The number of rotatable bonds is 0. The van der Waals surface area contributed by atoms with Crippen LogP contribution in [0.5, 0.6) is 0 Å². The average molecular weight is 112 g/mol. The van der Waals surface area contributed by atoms with Crippen molar-refractivity contribution >= 4 is 6.34 Å². The van der Waals surface area contributed by atoms with Crippen molar-refractivity contribution in [3.8, 4) is 0 Å². The molecular weight excluding hydrogens is 100 g/mol. The van der Waals surface area contributed by atoms with Gasteiger partial charge in [0, 0.05) is 7.05 Å². The van der Waals surface area contributed by atoms with E-state index in [0.717, 1.165) is 6.54 Å². The number of hydrogen-bond acceptors (Lipinski definition) is 1. The Kier molecular flexibility index (Phi) is 1.42. The first-order valence-electron chi connectivity index (χ1n) is 2.89. The summed E-state index contributed by atoms with van der Waals surface area (Å²) in [5.41, 5.74) is 0. The summed E-state index contributed by atoms with van der Waals surface area (Å²) >= 11 is 0. The molecule has 0 unspecified atom stereocenters. The topological polar surface area (TPSA) is 6.25 Å². The highest BCUT2D eigenvalue weighted by Gasteiger charge is 1.98. The third-order valence-corrected chi connectivity index (χ3v) is 1.28. The minimum Gasteiger partial charge on any atom is -0.403 e. The molecule has 0 aromatic heterocycles. The Hall–Kier alpha value is -0.660. The van der Waals surface area contributed by atoms with Crippen LogP contribution in [-0.2, 0) is 0 Å². The van der Waals surface area contributed by atoms with E-state index < -0.39 is 0 Å². The molecule has 8 heavy (non-hydrogen) atoms. The minimum atomic E-state index is 1.16. The van der Waals surface area contributed by atoms with E-state index in [2.05, 4.69) is 36.5 Å². The van der Waals surface area contributed by atoms with Crippen LogP contribution in [0.25, 0.3) is 0 Å². The zero-order chi connectivity index (χ0) is 5.98. The second kappa shape index (κ2) is 2.07. The Labute approximate surface area is 50.4 Å². The second-order valence-corrected chi connectivity index (χ2v) is 2.23. The summed E-state index contributed by atoms with van der Waals surface area (Å²) in [6.45, 7) is 3.34. The molecular formula is C6H12N2. The van der Waals surface area contributed by atoms with Crippen molar-refractivity contribution in [2.24, 2.45) is 0 Å². The molecule has 0 saturated heterocycles. The maximum Gasteiger partial charge on any atom is 0.0923 e. The zero-order valence-corrected chi connectivity index (χ0v) is 5.46. The maximum atomic E-state index is 2.18. The van der Waals surface area contributed by atoms with Crippen LogP contribution in [0.4, 0.5) is 0 Å². The molecule has 0 saturated carbocycles. The van der Waals surface area contributed by atoms with Gasteiger partial charge in [-0.25, -0.2) is 0 Å². The van der Waals surface area contributed by atoms with Gasteiger partial charge in [0.05, 0.1) is 19.9 Å². The monoisotopic (exact) mass is 112 g/mol. The van der Waals surface area contributed by atoms with Gasteiger partial charge in [-0.05, 0) is 6.42 Å². The predicted molar refractivity (Wildman–Crippen MR) is 33.8 cm³/mol. The lowest BCUT2D eigenvalue weighted by atomic mass is 10.3. The Bertz CT molecular complexity index is 107. The van der Waals surface area contributed by atoms with E-state index in [4.69, 9.17) is 0 Å². The van der Waals surface area contributed by atoms with Gasteiger partial charge in [0.1, 0.15) is 0 Å². The Balaban J connectivity index is 2.50. The minimum absolute atomic E-state index is 1.16. The first-order valence-corrected chi connectivity index (χ1v) is 2.89. The largest absolute Gasteiger partial charge is 0.403 e. The van der Waals surface area contributed by atoms with E-state index in [1.54, 1.807) is 0 Å². The molecule has 1 rings (SSSR count). The molecule has 1 heterocycles. The lowest BCUT2D eigenvalue weighted by Gasteiger charge is -2.22. The van der Waals surface area contributed by atoms with Crippen LogP contribution in [0.3, 0.4) is 0 Å². The van der Waals surface area contributed by atoms with Crippen molar-refractivity contribution in [3.63, 3.8) is 0 Å². The molecule has 0 bridgehead atoms. The molecule has 0 aliphatic carbocycles. The van der Waals surface area contributed by atoms with Gasteiger partial charge in [0.2, 0.25) is 0 Å². The molecule has 0 fully saturated rings. The van der Waals surface area contributed by atoms with Crippen LogP contribution in [-0.4, -0.2) is 36.5 Å². The van der Waals surface area contributed by atoms with Gasteiger partial charge in [-0.2, -0.15) is 0 Å². The van der Waals surface area contributed by atoms with E-state index in [0.29, 0.717) is 0 Å². The third kappa shape index (κ3) is 1.15. The summed E-state index contributed by atoms with van der Waals surface area (Å²) in [6.07, 6.45) is 3.26. The highest BCUT2D eigenvalue weighted by atomic mass is 15.2. The van der Waals surface area contributed by atoms with Crippen LogP contribution in [0.1, 0.15) is 6.42 Å². The van der Waals surface area contributed by atoms with Gasteiger partial charge in [-0.15, -0.1) is 0 Å². The maximum absolute atomic E-state index is 2.18. The lowest BCUT2D eigenvalue weighted by Crippen LogP contribution is -2.28. The van der Waals surface area contributed by atoms with Gasteiger partial charge in [-0.1, -0.05) is 6.54 Å². The standard InChI is InChI=1S/C6H12N2/c1-7-4-3-5-8(2)6-7/h4,6H,3,5H2,1-2H3.